The fraction of sp³-hybridized carbons (Fsp3) is 0.278. The van der Waals surface area contributed by atoms with Gasteiger partial charge in [0.25, 0.3) is 11.5 Å². The van der Waals surface area contributed by atoms with Crippen LogP contribution in [0.2, 0.25) is 0 Å². The molecule has 4 aromatic rings. The Kier molecular flexibility index (Phi) is 11.4. The summed E-state index contributed by atoms with van der Waals surface area (Å²) >= 11 is 1.21. The van der Waals surface area contributed by atoms with Crippen LogP contribution in [-0.2, 0) is 19.1 Å². The summed E-state index contributed by atoms with van der Waals surface area (Å²) in [6, 6.07) is 20.7. The minimum atomic E-state index is -0.891. The van der Waals surface area contributed by atoms with Crippen molar-refractivity contribution < 1.29 is 33.3 Å². The predicted molar refractivity (Wildman–Crippen MR) is 182 cm³/mol. The molecule has 1 amide bonds. The number of esters is 1. The molecule has 1 N–H and O–H groups in total. The number of allylic oxidation sites excluding steroid dienone is 1. The number of benzene rings is 3. The lowest BCUT2D eigenvalue weighted by Crippen LogP contribution is -2.40. The monoisotopic (exact) mass is 671 g/mol. The Morgan fingerprint density at radius 3 is 2.44 bits per heavy atom. The van der Waals surface area contributed by atoms with Crippen LogP contribution in [0.1, 0.15) is 37.4 Å². The molecule has 250 valence electrons. The Hall–Kier alpha value is -5.20. The van der Waals surface area contributed by atoms with Gasteiger partial charge in [-0.05, 0) is 55.3 Å². The molecule has 5 rings (SSSR count). The van der Waals surface area contributed by atoms with Crippen LogP contribution in [0.5, 0.6) is 17.2 Å². The number of carbonyl (C=O) groups excluding carboxylic acids is 2. The van der Waals surface area contributed by atoms with E-state index >= 15 is 0 Å². The smallest absolute Gasteiger partial charge is 0.338 e. The van der Waals surface area contributed by atoms with E-state index in [0.29, 0.717) is 50.1 Å². The first-order chi connectivity index (χ1) is 23.3. The lowest BCUT2D eigenvalue weighted by Gasteiger charge is -2.27. The fourth-order valence-electron chi connectivity index (χ4n) is 5.12. The number of thiazole rings is 1. The van der Waals surface area contributed by atoms with Gasteiger partial charge in [0.2, 0.25) is 0 Å². The van der Waals surface area contributed by atoms with Gasteiger partial charge in [-0.2, -0.15) is 0 Å². The molecular weight excluding hydrogens is 634 g/mol. The highest BCUT2D eigenvalue weighted by Crippen LogP contribution is 2.41. The first kappa shape index (κ1) is 34.1. The minimum absolute atomic E-state index is 0.0396. The number of methoxy groups -OCH3 is 2. The number of nitrogens with one attached hydrogen (secondary N) is 1. The molecule has 0 fully saturated rings. The second-order valence-corrected chi connectivity index (χ2v) is 11.7. The number of nitrogens with zero attached hydrogens (tertiary/aromatic N) is 2. The van der Waals surface area contributed by atoms with Crippen LogP contribution in [0.25, 0.3) is 6.08 Å². The first-order valence-electron chi connectivity index (χ1n) is 15.4. The number of amides is 1. The highest BCUT2D eigenvalue weighted by Gasteiger charge is 2.36. The molecule has 1 aliphatic heterocycles. The summed E-state index contributed by atoms with van der Waals surface area (Å²) in [5, 5.41) is 2.78. The van der Waals surface area contributed by atoms with Crippen molar-refractivity contribution in [2.24, 2.45) is 4.99 Å². The quantitative estimate of drug-likeness (QED) is 0.156. The molecule has 48 heavy (non-hydrogen) atoms. The van der Waals surface area contributed by atoms with Gasteiger partial charge in [0, 0.05) is 18.4 Å². The lowest BCUT2D eigenvalue weighted by atomic mass is 9.94. The van der Waals surface area contributed by atoms with Crippen LogP contribution < -0.4 is 34.4 Å². The summed E-state index contributed by atoms with van der Waals surface area (Å²) in [7, 11) is 3.06. The summed E-state index contributed by atoms with van der Waals surface area (Å²) in [5.41, 5.74) is 2.31. The zero-order valence-corrected chi connectivity index (χ0v) is 28.0. The van der Waals surface area contributed by atoms with Crippen LogP contribution in [-0.4, -0.2) is 57.1 Å². The van der Waals surface area contributed by atoms with Gasteiger partial charge >= 0.3 is 5.97 Å². The zero-order valence-electron chi connectivity index (χ0n) is 27.2. The van der Waals surface area contributed by atoms with Gasteiger partial charge in [0.05, 0.1) is 36.1 Å². The van der Waals surface area contributed by atoms with Crippen molar-refractivity contribution >= 4 is 35.0 Å². The Balaban J connectivity index is 1.49. The third-order valence-corrected chi connectivity index (χ3v) is 8.32. The van der Waals surface area contributed by atoms with E-state index in [1.54, 1.807) is 68.6 Å². The zero-order chi connectivity index (χ0) is 34.0. The maximum atomic E-state index is 14.2. The van der Waals surface area contributed by atoms with Crippen molar-refractivity contribution in [1.82, 2.24) is 4.57 Å². The second kappa shape index (κ2) is 16.1. The highest BCUT2D eigenvalue weighted by atomic mass is 32.1. The van der Waals surface area contributed by atoms with Crippen LogP contribution in [0, 0.1) is 0 Å². The van der Waals surface area contributed by atoms with Crippen molar-refractivity contribution in [2.75, 3.05) is 46.0 Å². The third kappa shape index (κ3) is 7.84. The number of fused-ring (bicyclic) bond motifs is 1. The Labute approximate surface area is 281 Å². The molecule has 0 saturated carbocycles. The van der Waals surface area contributed by atoms with Gasteiger partial charge in [0.15, 0.2) is 22.9 Å². The number of carbonyl (C=O) groups is 2. The Morgan fingerprint density at radius 1 is 0.958 bits per heavy atom. The summed E-state index contributed by atoms with van der Waals surface area (Å²) in [6.07, 6.45) is 2.49. The molecule has 0 bridgehead atoms. The number of anilines is 1. The average molecular weight is 672 g/mol. The number of para-hydroxylation sites is 2. The molecule has 0 unspecified atom stereocenters. The van der Waals surface area contributed by atoms with Crippen molar-refractivity contribution in [1.29, 1.82) is 0 Å². The predicted octanol–water partition coefficient (Wildman–Crippen LogP) is 4.24. The molecule has 0 aliphatic carbocycles. The molecule has 1 aliphatic rings. The number of rotatable bonds is 14. The summed E-state index contributed by atoms with van der Waals surface area (Å²) in [6.45, 7) is 4.22. The van der Waals surface area contributed by atoms with Crippen molar-refractivity contribution in [3.63, 3.8) is 0 Å². The number of aromatic nitrogens is 1. The molecule has 11 nitrogen and oxygen atoms in total. The summed E-state index contributed by atoms with van der Waals surface area (Å²) in [4.78, 5) is 45.1. The van der Waals surface area contributed by atoms with Gasteiger partial charge in [-0.3, -0.25) is 14.2 Å². The maximum absolute atomic E-state index is 14.2. The van der Waals surface area contributed by atoms with Crippen molar-refractivity contribution in [2.45, 2.75) is 26.3 Å². The standard InChI is InChI=1S/C36H37N3O8S/c1-5-18-45-33-27(12-9-13-28(33)44-4)32-31(35(42)46-20-19-43-3)23(2)37-36-39(32)34(41)29(48-36)21-24-14-16-26(17-15-24)47-22-30(40)38-25-10-7-6-8-11-25/h6-17,21,32H,5,18-20,22H2,1-4H3,(H,38,40)/b29-21+/t32-/m1/s1. The van der Waals surface area contributed by atoms with Gasteiger partial charge in [-0.15, -0.1) is 0 Å². The van der Waals surface area contributed by atoms with Gasteiger partial charge < -0.3 is 29.0 Å². The second-order valence-electron chi connectivity index (χ2n) is 10.7. The summed E-state index contributed by atoms with van der Waals surface area (Å²) < 4.78 is 30.0. The topological polar surface area (TPSA) is 127 Å². The molecule has 0 saturated heterocycles. The van der Waals surface area contributed by atoms with Crippen molar-refractivity contribution in [3.8, 4) is 17.2 Å². The summed E-state index contributed by atoms with van der Waals surface area (Å²) in [5.74, 6) is 0.528. The minimum Gasteiger partial charge on any atom is -0.493 e. The normalized spacial score (nSPS) is 14.2. The van der Waals surface area contributed by atoms with E-state index in [2.05, 4.69) is 10.3 Å². The molecule has 2 heterocycles. The van der Waals surface area contributed by atoms with E-state index in [1.165, 1.54) is 23.0 Å². The lowest BCUT2D eigenvalue weighted by molar-refractivity contribution is -0.140. The van der Waals surface area contributed by atoms with E-state index in [4.69, 9.17) is 23.7 Å². The van der Waals surface area contributed by atoms with Crippen LogP contribution >= 0.6 is 11.3 Å². The van der Waals surface area contributed by atoms with E-state index in [1.807, 2.05) is 31.2 Å². The number of ether oxygens (including phenoxy) is 5. The maximum Gasteiger partial charge on any atom is 0.338 e. The van der Waals surface area contributed by atoms with Crippen molar-refractivity contribution in [3.05, 3.63) is 115 Å². The van der Waals surface area contributed by atoms with E-state index in [0.717, 1.165) is 12.0 Å². The molecule has 0 radical (unpaired) electrons. The largest absolute Gasteiger partial charge is 0.493 e. The average Bonchev–Trinajstić information content (AvgIpc) is 3.40. The van der Waals surface area contributed by atoms with E-state index in [9.17, 15) is 14.4 Å². The van der Waals surface area contributed by atoms with Gasteiger partial charge in [-0.25, -0.2) is 9.79 Å². The fourth-order valence-corrected chi connectivity index (χ4v) is 6.17. The third-order valence-electron chi connectivity index (χ3n) is 7.34. The van der Waals surface area contributed by atoms with Crippen LogP contribution in [0.4, 0.5) is 5.69 Å². The van der Waals surface area contributed by atoms with Crippen LogP contribution in [0.15, 0.2) is 93.9 Å². The van der Waals surface area contributed by atoms with E-state index < -0.39 is 12.0 Å². The Morgan fingerprint density at radius 2 is 1.73 bits per heavy atom. The Bertz CT molecular complexity index is 1970. The number of hydrogen-bond acceptors (Lipinski definition) is 10. The van der Waals surface area contributed by atoms with E-state index in [-0.39, 0.29) is 36.9 Å². The van der Waals surface area contributed by atoms with Gasteiger partial charge in [-0.1, -0.05) is 60.7 Å². The molecule has 3 aromatic carbocycles. The SMILES string of the molecule is CCCOc1c(OC)cccc1[C@@H]1C(C(=O)OCCOC)=C(C)N=c2s/c(=C/c3ccc(OCC(=O)Nc4ccccc4)cc3)c(=O)n21. The van der Waals surface area contributed by atoms with Crippen LogP contribution in [0.3, 0.4) is 0 Å². The molecule has 1 aromatic heterocycles. The number of hydrogen-bond donors (Lipinski definition) is 1. The molecular formula is C36H37N3O8S. The molecule has 1 atom stereocenters. The van der Waals surface area contributed by atoms with Gasteiger partial charge in [0.1, 0.15) is 18.4 Å². The highest BCUT2D eigenvalue weighted by molar-refractivity contribution is 7.07. The molecule has 12 heteroatoms. The molecule has 0 spiro atoms. The first-order valence-corrected chi connectivity index (χ1v) is 16.2.